The van der Waals surface area contributed by atoms with Gasteiger partial charge in [-0.2, -0.15) is 0 Å². The molecule has 0 spiro atoms. The summed E-state index contributed by atoms with van der Waals surface area (Å²) in [6.45, 7) is 6.22. The number of hydrogen-bond acceptors (Lipinski definition) is 5. The number of allylic oxidation sites excluding steroid dienone is 22. The number of carbonyl (C=O) groups excluding carboxylic acids is 2. The summed E-state index contributed by atoms with van der Waals surface area (Å²) in [6.07, 6.45) is 75.0. The Morgan fingerprint density at radius 2 is 0.836 bits per heavy atom. The van der Waals surface area contributed by atoms with Crippen molar-refractivity contribution >= 4 is 11.9 Å². The van der Waals surface area contributed by atoms with Crippen molar-refractivity contribution in [1.82, 2.24) is 5.32 Å². The number of unbranched alkanes of at least 4 members (excludes halogenated alkanes) is 21. The van der Waals surface area contributed by atoms with Gasteiger partial charge in [-0.05, 0) is 64.2 Å². The zero-order valence-corrected chi connectivity index (χ0v) is 43.0. The number of aliphatic hydroxyl groups is 2. The summed E-state index contributed by atoms with van der Waals surface area (Å²) in [5.74, 6) is -0.579. The van der Waals surface area contributed by atoms with Crippen LogP contribution in [0.25, 0.3) is 0 Å². The molecular weight excluding hydrogens is 827 g/mol. The molecule has 0 rings (SSSR count). The molecule has 0 bridgehead atoms. The molecule has 0 heterocycles. The second-order valence-corrected chi connectivity index (χ2v) is 17.8. The van der Waals surface area contributed by atoms with Gasteiger partial charge in [0.25, 0.3) is 0 Å². The van der Waals surface area contributed by atoms with Gasteiger partial charge in [-0.3, -0.25) is 9.59 Å². The van der Waals surface area contributed by atoms with Gasteiger partial charge in [0.2, 0.25) is 5.91 Å². The number of nitrogens with one attached hydrogen (secondary N) is 1. The van der Waals surface area contributed by atoms with Crippen LogP contribution in [0.15, 0.2) is 134 Å². The maximum Gasteiger partial charge on any atom is 0.306 e. The first-order valence-corrected chi connectivity index (χ1v) is 27.1. The van der Waals surface area contributed by atoms with Gasteiger partial charge in [-0.15, -0.1) is 0 Å². The Labute approximate surface area is 412 Å². The summed E-state index contributed by atoms with van der Waals surface area (Å²) in [5, 5.41) is 23.8. The lowest BCUT2D eigenvalue weighted by atomic mass is 10.0. The second kappa shape index (κ2) is 53.0. The topological polar surface area (TPSA) is 95.9 Å². The molecule has 3 N–H and O–H groups in total. The van der Waals surface area contributed by atoms with Gasteiger partial charge in [0, 0.05) is 6.42 Å². The summed E-state index contributed by atoms with van der Waals surface area (Å²) in [6, 6.07) is -0.736. The second-order valence-electron chi connectivity index (χ2n) is 17.8. The summed E-state index contributed by atoms with van der Waals surface area (Å²) >= 11 is 0. The van der Waals surface area contributed by atoms with Crippen LogP contribution < -0.4 is 5.32 Å². The Bertz CT molecular complexity index is 1460. The lowest BCUT2D eigenvalue weighted by Gasteiger charge is -2.24. The minimum Gasteiger partial charge on any atom is -0.462 e. The highest BCUT2D eigenvalue weighted by Crippen LogP contribution is 2.17. The number of carbonyl (C=O) groups is 2. The summed E-state index contributed by atoms with van der Waals surface area (Å²) in [7, 11) is 0. The van der Waals surface area contributed by atoms with E-state index < -0.39 is 18.2 Å². The highest BCUT2D eigenvalue weighted by atomic mass is 16.5. The van der Waals surface area contributed by atoms with Crippen LogP contribution in [0.4, 0.5) is 0 Å². The van der Waals surface area contributed by atoms with Gasteiger partial charge in [-0.25, -0.2) is 0 Å². The number of hydrogen-bond donors (Lipinski definition) is 3. The van der Waals surface area contributed by atoms with Gasteiger partial charge in [0.1, 0.15) is 6.10 Å². The molecule has 378 valence electrons. The maximum atomic E-state index is 13.2. The minimum atomic E-state index is -0.818. The van der Waals surface area contributed by atoms with Crippen LogP contribution in [0.3, 0.4) is 0 Å². The first-order chi connectivity index (χ1) is 33.0. The van der Waals surface area contributed by atoms with Gasteiger partial charge in [0.05, 0.1) is 25.2 Å². The van der Waals surface area contributed by atoms with Gasteiger partial charge < -0.3 is 20.3 Å². The molecule has 6 heteroatoms. The zero-order chi connectivity index (χ0) is 48.8. The largest absolute Gasteiger partial charge is 0.462 e. The van der Waals surface area contributed by atoms with E-state index in [2.05, 4.69) is 68.6 Å². The fraction of sp³-hybridized carbons (Fsp3) is 0.607. The van der Waals surface area contributed by atoms with E-state index in [0.29, 0.717) is 19.3 Å². The van der Waals surface area contributed by atoms with Crippen molar-refractivity contribution in [3.8, 4) is 0 Å². The molecule has 0 saturated carbocycles. The van der Waals surface area contributed by atoms with E-state index in [0.717, 1.165) is 89.9 Å². The molecule has 0 aromatic heterocycles. The lowest BCUT2D eigenvalue weighted by Crippen LogP contribution is -2.46. The Morgan fingerprint density at radius 3 is 1.28 bits per heavy atom. The van der Waals surface area contributed by atoms with Gasteiger partial charge in [-0.1, -0.05) is 270 Å². The molecule has 0 aromatic carbocycles. The van der Waals surface area contributed by atoms with Crippen molar-refractivity contribution in [3.05, 3.63) is 134 Å². The zero-order valence-electron chi connectivity index (χ0n) is 43.0. The van der Waals surface area contributed by atoms with Crippen LogP contribution in [-0.4, -0.2) is 46.9 Å². The van der Waals surface area contributed by atoms with Crippen molar-refractivity contribution in [1.29, 1.82) is 0 Å². The van der Waals surface area contributed by atoms with E-state index in [1.54, 1.807) is 0 Å². The molecule has 67 heavy (non-hydrogen) atoms. The van der Waals surface area contributed by atoms with Crippen LogP contribution in [-0.2, 0) is 14.3 Å². The average molecular weight is 926 g/mol. The standard InChI is InChI=1S/C61H99NO5/c1-4-7-10-13-16-19-22-25-28-30-33-36-39-42-45-48-51-54-61(66)67-57(52-49-46-43-40-37-34-32-29-26-23-20-17-14-11-8-5-2)55-60(65)62-58(56-63)59(64)53-50-47-44-41-38-35-31-27-24-21-18-15-12-9-6-3/h7,10-11,13-14,16-17,19-20,22-23,25-26,28-30,32-34,36-37,39,57-59,63-64H,4-6,8-9,12,15,18,21,24,27,31,35,38,40-56H2,1-3H3,(H,62,65)/b10-7-,14-11+,16-13+,20-17+,22-19+,26-23+,28-25-,32-29+,33-30+,37-34+,39-36+. The number of ether oxygens (including phenoxy) is 1. The van der Waals surface area contributed by atoms with Crippen molar-refractivity contribution in [2.24, 2.45) is 0 Å². The monoisotopic (exact) mass is 926 g/mol. The smallest absolute Gasteiger partial charge is 0.306 e. The van der Waals surface area contributed by atoms with Crippen molar-refractivity contribution in [2.75, 3.05) is 6.61 Å². The normalized spacial score (nSPS) is 14.3. The number of esters is 1. The molecule has 0 aliphatic heterocycles. The minimum absolute atomic E-state index is 0.0217. The van der Waals surface area contributed by atoms with E-state index in [1.807, 2.05) is 91.1 Å². The number of rotatable bonds is 46. The fourth-order valence-corrected chi connectivity index (χ4v) is 7.43. The highest BCUT2D eigenvalue weighted by Gasteiger charge is 2.24. The van der Waals surface area contributed by atoms with E-state index >= 15 is 0 Å². The highest BCUT2D eigenvalue weighted by molar-refractivity contribution is 5.77. The summed E-state index contributed by atoms with van der Waals surface area (Å²) in [4.78, 5) is 26.2. The maximum absolute atomic E-state index is 13.2. The van der Waals surface area contributed by atoms with Crippen molar-refractivity contribution < 1.29 is 24.5 Å². The van der Waals surface area contributed by atoms with Crippen LogP contribution in [0.5, 0.6) is 0 Å². The van der Waals surface area contributed by atoms with Crippen LogP contribution in [0.1, 0.15) is 213 Å². The summed E-state index contributed by atoms with van der Waals surface area (Å²) in [5.41, 5.74) is 0. The molecule has 3 atom stereocenters. The van der Waals surface area contributed by atoms with Crippen molar-refractivity contribution in [2.45, 2.75) is 232 Å². The quantitative estimate of drug-likeness (QED) is 0.0321. The van der Waals surface area contributed by atoms with Crippen LogP contribution in [0, 0.1) is 0 Å². The predicted octanol–water partition coefficient (Wildman–Crippen LogP) is 16.6. The van der Waals surface area contributed by atoms with Gasteiger partial charge >= 0.3 is 5.97 Å². The molecule has 0 radical (unpaired) electrons. The van der Waals surface area contributed by atoms with Crippen molar-refractivity contribution in [3.63, 3.8) is 0 Å². The molecule has 0 aliphatic carbocycles. The Balaban J connectivity index is 4.79. The predicted molar refractivity (Wildman–Crippen MR) is 291 cm³/mol. The van der Waals surface area contributed by atoms with Gasteiger partial charge in [0.15, 0.2) is 0 Å². The van der Waals surface area contributed by atoms with Crippen LogP contribution >= 0.6 is 0 Å². The third-order valence-corrected chi connectivity index (χ3v) is 11.5. The molecule has 6 nitrogen and oxygen atoms in total. The van der Waals surface area contributed by atoms with E-state index in [9.17, 15) is 19.8 Å². The number of aliphatic hydroxyl groups excluding tert-OH is 2. The average Bonchev–Trinajstić information content (AvgIpc) is 3.32. The fourth-order valence-electron chi connectivity index (χ4n) is 7.43. The first kappa shape index (κ1) is 63.0. The van der Waals surface area contributed by atoms with E-state index in [4.69, 9.17) is 4.74 Å². The van der Waals surface area contributed by atoms with E-state index in [-0.39, 0.29) is 24.9 Å². The molecule has 1 amide bonds. The Morgan fingerprint density at radius 1 is 0.448 bits per heavy atom. The molecule has 0 aliphatic rings. The molecule has 0 fully saturated rings. The first-order valence-electron chi connectivity index (χ1n) is 27.1. The SMILES string of the molecule is CC\C=C/C=C/C=C/C=C\C=C\C=C\CCCCCC(=O)OC(CCCCC/C=C/C=C/C=C/C=C/C=C/CCC)CC(=O)NC(CO)C(O)CCCCCCCCCCCCCCCCC. The third-order valence-electron chi connectivity index (χ3n) is 11.5. The molecule has 3 unspecified atom stereocenters. The third kappa shape index (κ3) is 48.3. The molecular formula is C61H99NO5. The van der Waals surface area contributed by atoms with Crippen LogP contribution in [0.2, 0.25) is 0 Å². The number of amides is 1. The molecule has 0 aromatic rings. The Hall–Kier alpha value is -4.00. The van der Waals surface area contributed by atoms with E-state index in [1.165, 1.54) is 77.0 Å². The lowest BCUT2D eigenvalue weighted by molar-refractivity contribution is -0.151. The summed E-state index contributed by atoms with van der Waals surface area (Å²) < 4.78 is 5.91. The molecule has 0 saturated heterocycles. The Kier molecular flexibility index (Phi) is 49.8.